The lowest BCUT2D eigenvalue weighted by Gasteiger charge is -2.45. The Morgan fingerprint density at radius 3 is 2.11 bits per heavy atom. The first-order chi connectivity index (χ1) is 17.2. The second kappa shape index (κ2) is 14.1. The predicted molar refractivity (Wildman–Crippen MR) is 149 cm³/mol. The molecule has 0 bridgehead atoms. The van der Waals surface area contributed by atoms with Crippen molar-refractivity contribution in [3.05, 3.63) is 35.4 Å². The fourth-order valence-electron chi connectivity index (χ4n) is 3.88. The molecular weight excluding hydrogens is 466 g/mol. The molecule has 0 spiro atoms. The Morgan fingerprint density at radius 2 is 1.65 bits per heavy atom. The zero-order valence-electron chi connectivity index (χ0n) is 24.2. The second-order valence-electron chi connectivity index (χ2n) is 11.2. The van der Waals surface area contributed by atoms with Crippen molar-refractivity contribution in [2.45, 2.75) is 111 Å². The van der Waals surface area contributed by atoms with Crippen LogP contribution in [0.2, 0.25) is 0 Å². The van der Waals surface area contributed by atoms with Crippen LogP contribution in [0.5, 0.6) is 0 Å². The van der Waals surface area contributed by atoms with E-state index in [0.29, 0.717) is 30.5 Å². The highest BCUT2D eigenvalue weighted by atomic mass is 16.6. The third-order valence-corrected chi connectivity index (χ3v) is 6.64. The molecule has 0 aliphatic heterocycles. The maximum absolute atomic E-state index is 14.4. The zero-order chi connectivity index (χ0) is 28.4. The first-order valence-corrected chi connectivity index (χ1v) is 13.4. The Hall–Kier alpha value is -3.01. The van der Waals surface area contributed by atoms with Gasteiger partial charge in [-0.1, -0.05) is 58.6 Å². The van der Waals surface area contributed by atoms with E-state index in [2.05, 4.69) is 23.5 Å². The van der Waals surface area contributed by atoms with Gasteiger partial charge in [-0.05, 0) is 71.1 Å². The third kappa shape index (κ3) is 9.42. The molecule has 0 aliphatic rings. The van der Waals surface area contributed by atoms with Gasteiger partial charge in [0.05, 0.1) is 0 Å². The van der Waals surface area contributed by atoms with E-state index in [-0.39, 0.29) is 17.7 Å². The molecule has 0 saturated carbocycles. The molecule has 0 fully saturated rings. The predicted octanol–water partition coefficient (Wildman–Crippen LogP) is 5.58. The second-order valence-corrected chi connectivity index (χ2v) is 11.2. The molecule has 0 radical (unpaired) electrons. The quantitative estimate of drug-likeness (QED) is 0.282. The molecule has 0 saturated heterocycles. The standard InChI is InChI=1S/C30H47N3O4/c1-11-15-20-31-26(34)25(23-18-16-22(13-3)17-19-23)33(30(9,10)14-4)27(35)24(21(5)12-2)32-28(36)37-29(6,7)8/h3,16-19,21,24-25H,11-12,14-15,20H2,1-2,4-10H3,(H,31,34)(H,32,36). The van der Waals surface area contributed by atoms with Crippen LogP contribution in [0.4, 0.5) is 4.79 Å². The molecule has 1 rings (SSSR count). The molecule has 2 N–H and O–H groups in total. The van der Waals surface area contributed by atoms with Gasteiger partial charge in [0.2, 0.25) is 11.8 Å². The van der Waals surface area contributed by atoms with Crippen molar-refractivity contribution >= 4 is 17.9 Å². The van der Waals surface area contributed by atoms with Crippen LogP contribution in [-0.4, -0.2) is 46.5 Å². The van der Waals surface area contributed by atoms with Gasteiger partial charge in [0.25, 0.3) is 0 Å². The van der Waals surface area contributed by atoms with Gasteiger partial charge in [-0.2, -0.15) is 0 Å². The summed E-state index contributed by atoms with van der Waals surface area (Å²) in [7, 11) is 0. The van der Waals surface area contributed by atoms with Gasteiger partial charge in [0.15, 0.2) is 0 Å². The number of hydrogen-bond donors (Lipinski definition) is 2. The van der Waals surface area contributed by atoms with E-state index in [1.54, 1.807) is 49.9 Å². The number of ether oxygens (including phenoxy) is 1. The molecule has 206 valence electrons. The maximum atomic E-state index is 14.4. The summed E-state index contributed by atoms with van der Waals surface area (Å²) in [6.07, 6.45) is 7.89. The smallest absolute Gasteiger partial charge is 0.408 e. The Labute approximate surface area is 224 Å². The van der Waals surface area contributed by atoms with Crippen molar-refractivity contribution in [2.75, 3.05) is 6.54 Å². The van der Waals surface area contributed by atoms with Crippen molar-refractivity contribution in [3.8, 4) is 12.3 Å². The van der Waals surface area contributed by atoms with Crippen LogP contribution in [0.25, 0.3) is 0 Å². The van der Waals surface area contributed by atoms with Gasteiger partial charge >= 0.3 is 6.09 Å². The molecule has 37 heavy (non-hydrogen) atoms. The number of alkyl carbamates (subject to hydrolysis) is 1. The monoisotopic (exact) mass is 513 g/mol. The summed E-state index contributed by atoms with van der Waals surface area (Å²) in [5, 5.41) is 5.82. The maximum Gasteiger partial charge on any atom is 0.408 e. The number of rotatable bonds is 12. The van der Waals surface area contributed by atoms with E-state index in [9.17, 15) is 14.4 Å². The lowest BCUT2D eigenvalue weighted by Crippen LogP contribution is -2.60. The molecule has 7 heteroatoms. The number of hydrogen-bond acceptors (Lipinski definition) is 4. The third-order valence-electron chi connectivity index (χ3n) is 6.64. The highest BCUT2D eigenvalue weighted by Gasteiger charge is 2.44. The molecular formula is C30H47N3O4. The highest BCUT2D eigenvalue weighted by Crippen LogP contribution is 2.33. The summed E-state index contributed by atoms with van der Waals surface area (Å²) >= 11 is 0. The molecule has 7 nitrogen and oxygen atoms in total. The minimum atomic E-state index is -0.905. The fourth-order valence-corrected chi connectivity index (χ4v) is 3.88. The van der Waals surface area contributed by atoms with Crippen molar-refractivity contribution in [2.24, 2.45) is 5.92 Å². The first-order valence-electron chi connectivity index (χ1n) is 13.4. The van der Waals surface area contributed by atoms with Crippen LogP contribution in [0.3, 0.4) is 0 Å². The van der Waals surface area contributed by atoms with E-state index < -0.39 is 29.3 Å². The summed E-state index contributed by atoms with van der Waals surface area (Å²) in [6, 6.07) is 5.36. The Kier molecular flexibility index (Phi) is 12.2. The summed E-state index contributed by atoms with van der Waals surface area (Å²) in [5.74, 6) is 1.81. The number of amides is 3. The van der Waals surface area contributed by atoms with Gasteiger partial charge < -0.3 is 20.3 Å². The van der Waals surface area contributed by atoms with Crippen molar-refractivity contribution < 1.29 is 19.1 Å². The SMILES string of the molecule is C#Cc1ccc(C(C(=O)NCCCC)N(C(=O)C(NC(=O)OC(C)(C)C)C(C)CC)C(C)(C)CC)cc1. The number of carbonyl (C=O) groups is 3. The largest absolute Gasteiger partial charge is 0.444 e. The minimum absolute atomic E-state index is 0.192. The average Bonchev–Trinajstić information content (AvgIpc) is 2.83. The van der Waals surface area contributed by atoms with Gasteiger partial charge in [0.1, 0.15) is 17.7 Å². The van der Waals surface area contributed by atoms with Gasteiger partial charge in [-0.3, -0.25) is 9.59 Å². The Balaban J connectivity index is 3.64. The molecule has 1 aromatic rings. The molecule has 0 aliphatic carbocycles. The minimum Gasteiger partial charge on any atom is -0.444 e. The molecule has 1 aromatic carbocycles. The lowest BCUT2D eigenvalue weighted by atomic mass is 9.89. The Bertz CT molecular complexity index is 941. The number of terminal acetylenes is 1. The zero-order valence-corrected chi connectivity index (χ0v) is 24.2. The van der Waals surface area contributed by atoms with E-state index in [1.165, 1.54) is 0 Å². The number of nitrogens with zero attached hydrogens (tertiary/aromatic N) is 1. The number of unbranched alkanes of at least 4 members (excludes halogenated alkanes) is 1. The fraction of sp³-hybridized carbons (Fsp3) is 0.633. The van der Waals surface area contributed by atoms with Crippen molar-refractivity contribution in [1.82, 2.24) is 15.5 Å². The number of benzene rings is 1. The topological polar surface area (TPSA) is 87.7 Å². The first kappa shape index (κ1) is 32.0. The van der Waals surface area contributed by atoms with Gasteiger partial charge in [-0.25, -0.2) is 4.79 Å². The summed E-state index contributed by atoms with van der Waals surface area (Å²) in [4.78, 5) is 42.4. The van der Waals surface area contributed by atoms with Crippen LogP contribution >= 0.6 is 0 Å². The van der Waals surface area contributed by atoms with Crippen LogP contribution in [0, 0.1) is 18.3 Å². The normalized spacial score (nSPS) is 14.1. The van der Waals surface area contributed by atoms with Crippen molar-refractivity contribution in [1.29, 1.82) is 0 Å². The molecule has 3 amide bonds. The van der Waals surface area contributed by atoms with E-state index in [1.807, 2.05) is 34.6 Å². The van der Waals surface area contributed by atoms with Crippen molar-refractivity contribution in [3.63, 3.8) is 0 Å². The molecule has 0 aromatic heterocycles. The molecule has 3 atom stereocenters. The van der Waals surface area contributed by atoms with E-state index in [0.717, 1.165) is 12.8 Å². The average molecular weight is 514 g/mol. The van der Waals surface area contributed by atoms with E-state index in [4.69, 9.17) is 11.2 Å². The summed E-state index contributed by atoms with van der Waals surface area (Å²) in [5.41, 5.74) is -0.0694. The molecule has 3 unspecified atom stereocenters. The van der Waals surface area contributed by atoms with Crippen LogP contribution in [0.1, 0.15) is 105 Å². The van der Waals surface area contributed by atoms with Crippen LogP contribution < -0.4 is 10.6 Å². The van der Waals surface area contributed by atoms with Crippen LogP contribution in [-0.2, 0) is 14.3 Å². The summed E-state index contributed by atoms with van der Waals surface area (Å²) < 4.78 is 5.47. The van der Waals surface area contributed by atoms with Crippen LogP contribution in [0.15, 0.2) is 24.3 Å². The summed E-state index contributed by atoms with van der Waals surface area (Å²) in [6.45, 7) is 17.6. The number of nitrogens with one attached hydrogen (secondary N) is 2. The Morgan fingerprint density at radius 1 is 1.05 bits per heavy atom. The van der Waals surface area contributed by atoms with Gasteiger partial charge in [-0.15, -0.1) is 6.42 Å². The van der Waals surface area contributed by atoms with E-state index >= 15 is 0 Å². The lowest BCUT2D eigenvalue weighted by molar-refractivity contribution is -0.150. The number of carbonyl (C=O) groups excluding carboxylic acids is 3. The molecule has 0 heterocycles. The van der Waals surface area contributed by atoms with Gasteiger partial charge in [0, 0.05) is 17.6 Å². The highest BCUT2D eigenvalue weighted by molar-refractivity contribution is 5.92.